The van der Waals surface area contributed by atoms with E-state index in [-0.39, 0.29) is 11.3 Å². The summed E-state index contributed by atoms with van der Waals surface area (Å²) in [6, 6.07) is 0. The SMILES string of the molecule is O=C(O)c1onc2c(Br)ncnc12. The van der Waals surface area contributed by atoms with Crippen molar-refractivity contribution in [1.82, 2.24) is 15.1 Å². The lowest BCUT2D eigenvalue weighted by Gasteiger charge is -1.87. The average Bonchev–Trinajstić information content (AvgIpc) is 2.48. The Hall–Kier alpha value is -1.50. The van der Waals surface area contributed by atoms with Crippen LogP contribution < -0.4 is 0 Å². The van der Waals surface area contributed by atoms with E-state index in [2.05, 4.69) is 35.6 Å². The molecule has 0 unspecified atom stereocenters. The van der Waals surface area contributed by atoms with E-state index in [1.54, 1.807) is 0 Å². The molecule has 0 aliphatic heterocycles. The smallest absolute Gasteiger partial charge is 0.377 e. The molecule has 66 valence electrons. The fourth-order valence-electron chi connectivity index (χ4n) is 0.879. The van der Waals surface area contributed by atoms with Crippen molar-refractivity contribution in [3.8, 4) is 0 Å². The van der Waals surface area contributed by atoms with Crippen LogP contribution in [0.4, 0.5) is 0 Å². The van der Waals surface area contributed by atoms with Crippen molar-refractivity contribution in [3.05, 3.63) is 16.7 Å². The van der Waals surface area contributed by atoms with Gasteiger partial charge in [0.1, 0.15) is 16.4 Å². The summed E-state index contributed by atoms with van der Waals surface area (Å²) in [6.45, 7) is 0. The first-order valence-corrected chi connectivity index (χ1v) is 3.98. The third-order valence-corrected chi connectivity index (χ3v) is 2.00. The molecular formula is C6H2BrN3O3. The minimum absolute atomic E-state index is 0.189. The van der Waals surface area contributed by atoms with Crippen molar-refractivity contribution in [2.45, 2.75) is 0 Å². The number of fused-ring (bicyclic) bond motifs is 1. The van der Waals surface area contributed by atoms with Crippen molar-refractivity contribution in [2.24, 2.45) is 0 Å². The molecule has 0 atom stereocenters. The molecule has 2 aromatic heterocycles. The van der Waals surface area contributed by atoms with Gasteiger partial charge in [0.05, 0.1) is 0 Å². The molecule has 0 amide bonds. The van der Waals surface area contributed by atoms with Crippen LogP contribution in [0.1, 0.15) is 10.6 Å². The second kappa shape index (κ2) is 2.77. The number of aromatic nitrogens is 3. The van der Waals surface area contributed by atoms with E-state index in [4.69, 9.17) is 5.11 Å². The van der Waals surface area contributed by atoms with E-state index >= 15 is 0 Å². The van der Waals surface area contributed by atoms with Gasteiger partial charge in [0, 0.05) is 0 Å². The zero-order valence-electron chi connectivity index (χ0n) is 6.06. The van der Waals surface area contributed by atoms with Gasteiger partial charge in [-0.1, -0.05) is 5.16 Å². The van der Waals surface area contributed by atoms with Gasteiger partial charge in [0.15, 0.2) is 5.52 Å². The Bertz CT molecular complexity index is 481. The molecule has 0 aromatic carbocycles. The highest BCUT2D eigenvalue weighted by Gasteiger charge is 2.18. The molecule has 0 radical (unpaired) electrons. The number of hydrogen-bond acceptors (Lipinski definition) is 5. The molecule has 2 rings (SSSR count). The summed E-state index contributed by atoms with van der Waals surface area (Å²) in [5.74, 6) is -1.48. The van der Waals surface area contributed by atoms with E-state index in [1.807, 2.05) is 0 Å². The minimum atomic E-state index is -1.20. The van der Waals surface area contributed by atoms with Gasteiger partial charge in [-0.05, 0) is 15.9 Å². The van der Waals surface area contributed by atoms with Crippen molar-refractivity contribution in [3.63, 3.8) is 0 Å². The molecule has 0 aliphatic carbocycles. The topological polar surface area (TPSA) is 89.1 Å². The number of halogens is 1. The summed E-state index contributed by atoms with van der Waals surface area (Å²) in [4.78, 5) is 18.1. The predicted molar refractivity (Wildman–Crippen MR) is 44.3 cm³/mol. The molecule has 2 aromatic rings. The number of nitrogens with zero attached hydrogens (tertiary/aromatic N) is 3. The van der Waals surface area contributed by atoms with Gasteiger partial charge >= 0.3 is 5.97 Å². The molecule has 1 N–H and O–H groups in total. The summed E-state index contributed by atoms with van der Waals surface area (Å²) >= 11 is 3.09. The highest BCUT2D eigenvalue weighted by atomic mass is 79.9. The zero-order chi connectivity index (χ0) is 9.42. The van der Waals surface area contributed by atoms with Crippen LogP contribution in [0.15, 0.2) is 15.5 Å². The Labute approximate surface area is 79.7 Å². The second-order valence-electron chi connectivity index (χ2n) is 2.18. The number of carboxylic acids is 1. The van der Waals surface area contributed by atoms with E-state index < -0.39 is 5.97 Å². The normalized spacial score (nSPS) is 10.5. The predicted octanol–water partition coefficient (Wildman–Crippen LogP) is 1.08. The quantitative estimate of drug-likeness (QED) is 0.755. The van der Waals surface area contributed by atoms with Crippen molar-refractivity contribution in [1.29, 1.82) is 0 Å². The Morgan fingerprint density at radius 3 is 2.92 bits per heavy atom. The van der Waals surface area contributed by atoms with Gasteiger partial charge in [-0.15, -0.1) is 0 Å². The van der Waals surface area contributed by atoms with Gasteiger partial charge in [-0.25, -0.2) is 14.8 Å². The second-order valence-corrected chi connectivity index (χ2v) is 2.93. The lowest BCUT2D eigenvalue weighted by atomic mass is 10.4. The van der Waals surface area contributed by atoms with Crippen LogP contribution in [0.25, 0.3) is 11.0 Å². The summed E-state index contributed by atoms with van der Waals surface area (Å²) in [6.07, 6.45) is 1.23. The van der Waals surface area contributed by atoms with Crippen LogP contribution >= 0.6 is 15.9 Å². The van der Waals surface area contributed by atoms with Gasteiger partial charge in [0.2, 0.25) is 0 Å². The Balaban J connectivity index is 2.83. The summed E-state index contributed by atoms with van der Waals surface area (Å²) in [5.41, 5.74) is 0.495. The Kier molecular flexibility index (Phi) is 1.73. The van der Waals surface area contributed by atoms with Crippen LogP contribution in [0, 0.1) is 0 Å². The molecule has 13 heavy (non-hydrogen) atoms. The fourth-order valence-corrected chi connectivity index (χ4v) is 1.23. The van der Waals surface area contributed by atoms with Gasteiger partial charge < -0.3 is 9.63 Å². The fraction of sp³-hybridized carbons (Fsp3) is 0. The van der Waals surface area contributed by atoms with Gasteiger partial charge in [0.25, 0.3) is 5.76 Å². The molecule has 0 saturated carbocycles. The number of hydrogen-bond donors (Lipinski definition) is 1. The molecule has 0 bridgehead atoms. The average molecular weight is 244 g/mol. The van der Waals surface area contributed by atoms with Crippen molar-refractivity contribution >= 4 is 32.9 Å². The lowest BCUT2D eigenvalue weighted by Crippen LogP contribution is -1.95. The molecular weight excluding hydrogens is 242 g/mol. The molecule has 6 nitrogen and oxygen atoms in total. The Morgan fingerprint density at radius 2 is 2.23 bits per heavy atom. The zero-order valence-corrected chi connectivity index (χ0v) is 7.65. The number of carboxylic acid groups (broad SMARTS) is 1. The standard InChI is InChI=1S/C6H2BrN3O3/c7-5-3-2(8-1-9-5)4(6(11)12)13-10-3/h1H,(H,11,12). The highest BCUT2D eigenvalue weighted by Crippen LogP contribution is 2.21. The third kappa shape index (κ3) is 1.17. The van der Waals surface area contributed by atoms with E-state index in [9.17, 15) is 4.79 Å². The van der Waals surface area contributed by atoms with E-state index in [1.165, 1.54) is 6.33 Å². The van der Waals surface area contributed by atoms with Gasteiger partial charge in [-0.2, -0.15) is 0 Å². The van der Waals surface area contributed by atoms with Crippen molar-refractivity contribution in [2.75, 3.05) is 0 Å². The molecule has 0 saturated heterocycles. The monoisotopic (exact) mass is 243 g/mol. The Morgan fingerprint density at radius 1 is 1.46 bits per heavy atom. The van der Waals surface area contributed by atoms with Crippen LogP contribution in [0.3, 0.4) is 0 Å². The maximum Gasteiger partial charge on any atom is 0.377 e. The number of rotatable bonds is 1. The summed E-state index contributed by atoms with van der Waals surface area (Å²) < 4.78 is 4.99. The maximum absolute atomic E-state index is 10.6. The molecule has 0 spiro atoms. The molecule has 0 aliphatic rings. The van der Waals surface area contributed by atoms with Crippen LogP contribution in [0.2, 0.25) is 0 Å². The molecule has 2 heterocycles. The highest BCUT2D eigenvalue weighted by molar-refractivity contribution is 9.10. The maximum atomic E-state index is 10.6. The third-order valence-electron chi connectivity index (χ3n) is 1.42. The van der Waals surface area contributed by atoms with Crippen LogP contribution in [-0.4, -0.2) is 26.2 Å². The van der Waals surface area contributed by atoms with Crippen molar-refractivity contribution < 1.29 is 14.4 Å². The number of carbonyl (C=O) groups is 1. The molecule has 0 fully saturated rings. The minimum Gasteiger partial charge on any atom is -0.475 e. The van der Waals surface area contributed by atoms with Gasteiger partial charge in [-0.3, -0.25) is 0 Å². The van der Waals surface area contributed by atoms with E-state index in [0.717, 1.165) is 0 Å². The first-order valence-electron chi connectivity index (χ1n) is 3.19. The molecule has 7 heteroatoms. The van der Waals surface area contributed by atoms with Crippen LogP contribution in [0.5, 0.6) is 0 Å². The summed E-state index contributed by atoms with van der Waals surface area (Å²) in [7, 11) is 0. The van der Waals surface area contributed by atoms with E-state index in [0.29, 0.717) is 10.1 Å². The number of aromatic carboxylic acids is 1. The summed E-state index contributed by atoms with van der Waals surface area (Å²) in [5, 5.41) is 12.2. The largest absolute Gasteiger partial charge is 0.475 e. The first-order chi connectivity index (χ1) is 6.20. The lowest BCUT2D eigenvalue weighted by molar-refractivity contribution is 0.0655. The van der Waals surface area contributed by atoms with Crippen LogP contribution in [-0.2, 0) is 0 Å². The first kappa shape index (κ1) is 8.11.